The summed E-state index contributed by atoms with van der Waals surface area (Å²) in [4.78, 5) is 11.9. The van der Waals surface area contributed by atoms with E-state index in [4.69, 9.17) is 0 Å². The number of carbonyl (C=O) groups excluding carboxylic acids is 1. The summed E-state index contributed by atoms with van der Waals surface area (Å²) in [5.41, 5.74) is 1.25. The first-order valence-electron chi connectivity index (χ1n) is 4.87. The lowest BCUT2D eigenvalue weighted by atomic mass is 10.0. The smallest absolute Gasteiger partial charge is 0.188 e. The molecule has 0 spiro atoms. The summed E-state index contributed by atoms with van der Waals surface area (Å²) in [6.45, 7) is 0. The van der Waals surface area contributed by atoms with Gasteiger partial charge in [-0.1, -0.05) is 6.08 Å². The molecule has 0 fully saturated rings. The number of ketones is 1. The van der Waals surface area contributed by atoms with E-state index in [1.54, 1.807) is 12.1 Å². The summed E-state index contributed by atoms with van der Waals surface area (Å²) < 4.78 is 13.6. The van der Waals surface area contributed by atoms with Crippen LogP contribution < -0.4 is 0 Å². The van der Waals surface area contributed by atoms with Crippen molar-refractivity contribution < 1.29 is 9.18 Å². The predicted molar refractivity (Wildman–Crippen MR) is 60.4 cm³/mol. The lowest BCUT2D eigenvalue weighted by molar-refractivity contribution is 0.103. The van der Waals surface area contributed by atoms with E-state index in [0.717, 1.165) is 24.8 Å². The highest BCUT2D eigenvalue weighted by molar-refractivity contribution is 9.10. The van der Waals surface area contributed by atoms with Crippen LogP contribution in [0.1, 0.15) is 29.6 Å². The summed E-state index contributed by atoms with van der Waals surface area (Å²) in [6, 6.07) is 4.50. The van der Waals surface area contributed by atoms with Gasteiger partial charge in [-0.25, -0.2) is 4.39 Å². The molecule has 1 aliphatic rings. The van der Waals surface area contributed by atoms with Crippen LogP contribution in [-0.4, -0.2) is 5.78 Å². The molecule has 0 aromatic heterocycles. The maximum absolute atomic E-state index is 13.2. The van der Waals surface area contributed by atoms with Crippen molar-refractivity contribution in [3.05, 3.63) is 45.7 Å². The van der Waals surface area contributed by atoms with Crippen molar-refractivity contribution >= 4 is 21.7 Å². The molecule has 0 radical (unpaired) electrons. The number of carbonyl (C=O) groups is 1. The number of hydrogen-bond donors (Lipinski definition) is 0. The molecule has 0 N–H and O–H groups in total. The number of hydrogen-bond acceptors (Lipinski definition) is 1. The molecule has 3 heteroatoms. The minimum absolute atomic E-state index is 0.0427. The van der Waals surface area contributed by atoms with Gasteiger partial charge in [0.1, 0.15) is 5.82 Å². The Bertz CT molecular complexity index is 437. The van der Waals surface area contributed by atoms with Gasteiger partial charge in [0.05, 0.1) is 4.47 Å². The molecule has 0 bridgehead atoms. The van der Waals surface area contributed by atoms with Crippen LogP contribution in [0.25, 0.3) is 0 Å². The molecule has 1 aromatic rings. The van der Waals surface area contributed by atoms with Crippen LogP contribution in [0.15, 0.2) is 34.3 Å². The Morgan fingerprint density at radius 1 is 1.40 bits per heavy atom. The molecule has 2 rings (SSSR count). The average Bonchev–Trinajstić information content (AvgIpc) is 2.74. The van der Waals surface area contributed by atoms with Crippen LogP contribution >= 0.6 is 15.9 Å². The fraction of sp³-hybridized carbons (Fsp3) is 0.250. The van der Waals surface area contributed by atoms with Gasteiger partial charge in [-0.15, -0.1) is 0 Å². The molecule has 0 saturated heterocycles. The van der Waals surface area contributed by atoms with Crippen molar-refractivity contribution in [1.82, 2.24) is 0 Å². The topological polar surface area (TPSA) is 17.1 Å². The zero-order valence-corrected chi connectivity index (χ0v) is 9.68. The Labute approximate surface area is 96.1 Å². The van der Waals surface area contributed by atoms with E-state index in [0.29, 0.717) is 10.0 Å². The minimum atomic E-state index is -0.389. The second-order valence-electron chi connectivity index (χ2n) is 3.58. The first-order valence-corrected chi connectivity index (χ1v) is 5.66. The van der Waals surface area contributed by atoms with Crippen molar-refractivity contribution in [3.63, 3.8) is 0 Å². The quantitative estimate of drug-likeness (QED) is 0.744. The Kier molecular flexibility index (Phi) is 3.00. The summed E-state index contributed by atoms with van der Waals surface area (Å²) in [6.07, 6.45) is 4.75. The van der Waals surface area contributed by atoms with Crippen LogP contribution in [0.3, 0.4) is 0 Å². The number of allylic oxidation sites excluding steroid dienone is 2. The van der Waals surface area contributed by atoms with Crippen molar-refractivity contribution in [2.24, 2.45) is 0 Å². The number of halogens is 2. The van der Waals surface area contributed by atoms with E-state index >= 15 is 0 Å². The molecule has 15 heavy (non-hydrogen) atoms. The van der Waals surface area contributed by atoms with E-state index < -0.39 is 0 Å². The third-order valence-electron chi connectivity index (χ3n) is 2.51. The first kappa shape index (κ1) is 10.6. The van der Waals surface area contributed by atoms with E-state index in [2.05, 4.69) is 15.9 Å². The normalized spacial score (nSPS) is 15.2. The highest BCUT2D eigenvalue weighted by Crippen LogP contribution is 2.23. The van der Waals surface area contributed by atoms with Gasteiger partial charge in [0.25, 0.3) is 0 Å². The first-order chi connectivity index (χ1) is 7.18. The van der Waals surface area contributed by atoms with Crippen LogP contribution in [0.2, 0.25) is 0 Å². The van der Waals surface area contributed by atoms with Gasteiger partial charge in [0.2, 0.25) is 0 Å². The van der Waals surface area contributed by atoms with E-state index in [-0.39, 0.29) is 11.6 Å². The molecule has 78 valence electrons. The van der Waals surface area contributed by atoms with Gasteiger partial charge in [-0.2, -0.15) is 0 Å². The molecule has 0 atom stereocenters. The lowest BCUT2D eigenvalue weighted by Gasteiger charge is -2.02. The second-order valence-corrected chi connectivity index (χ2v) is 4.43. The van der Waals surface area contributed by atoms with Gasteiger partial charge < -0.3 is 0 Å². The highest BCUT2D eigenvalue weighted by atomic mass is 79.9. The second kappa shape index (κ2) is 4.27. The van der Waals surface area contributed by atoms with Crippen molar-refractivity contribution in [2.45, 2.75) is 19.3 Å². The summed E-state index contributed by atoms with van der Waals surface area (Å²) in [7, 11) is 0. The number of Topliss-reactive ketones (excluding diaryl/α,β-unsaturated/α-hetero) is 1. The van der Waals surface area contributed by atoms with E-state index in [1.807, 2.05) is 6.08 Å². The fourth-order valence-electron chi connectivity index (χ4n) is 1.70. The van der Waals surface area contributed by atoms with Gasteiger partial charge in [-0.3, -0.25) is 4.79 Å². The molecule has 1 aliphatic carbocycles. The lowest BCUT2D eigenvalue weighted by Crippen LogP contribution is -2.02. The van der Waals surface area contributed by atoms with Crippen molar-refractivity contribution in [2.75, 3.05) is 0 Å². The maximum atomic E-state index is 13.2. The van der Waals surface area contributed by atoms with Crippen LogP contribution in [0.4, 0.5) is 4.39 Å². The molecule has 1 aromatic carbocycles. The van der Waals surface area contributed by atoms with Crippen molar-refractivity contribution in [1.29, 1.82) is 0 Å². The van der Waals surface area contributed by atoms with Gasteiger partial charge in [0, 0.05) is 5.56 Å². The van der Waals surface area contributed by atoms with E-state index in [9.17, 15) is 9.18 Å². The molecule has 0 heterocycles. The van der Waals surface area contributed by atoms with Gasteiger partial charge >= 0.3 is 0 Å². The largest absolute Gasteiger partial charge is 0.289 e. The molecule has 0 saturated carbocycles. The minimum Gasteiger partial charge on any atom is -0.289 e. The highest BCUT2D eigenvalue weighted by Gasteiger charge is 2.16. The molecular weight excluding hydrogens is 259 g/mol. The predicted octanol–water partition coefficient (Wildman–Crippen LogP) is 3.88. The summed E-state index contributed by atoms with van der Waals surface area (Å²) in [5, 5.41) is 0. The van der Waals surface area contributed by atoms with Crippen LogP contribution in [-0.2, 0) is 0 Å². The SMILES string of the molecule is O=C(C1=CCCC1)c1ccc(Br)c(F)c1. The molecule has 0 unspecified atom stereocenters. The monoisotopic (exact) mass is 268 g/mol. The maximum Gasteiger partial charge on any atom is 0.188 e. The van der Waals surface area contributed by atoms with Crippen molar-refractivity contribution in [3.8, 4) is 0 Å². The van der Waals surface area contributed by atoms with Gasteiger partial charge in [0.15, 0.2) is 5.78 Å². The standard InChI is InChI=1S/C12H10BrFO/c13-10-6-5-9(7-11(10)14)12(15)8-3-1-2-4-8/h3,5-7H,1-2,4H2. The Balaban J connectivity index is 2.29. The van der Waals surface area contributed by atoms with Crippen LogP contribution in [0, 0.1) is 5.82 Å². The molecule has 0 aliphatic heterocycles. The zero-order chi connectivity index (χ0) is 10.8. The number of rotatable bonds is 2. The number of benzene rings is 1. The zero-order valence-electron chi connectivity index (χ0n) is 8.09. The molecular formula is C12H10BrFO. The average molecular weight is 269 g/mol. The Hall–Kier alpha value is -0.960. The third kappa shape index (κ3) is 2.17. The summed E-state index contributed by atoms with van der Waals surface area (Å²) >= 11 is 3.06. The molecule has 1 nitrogen and oxygen atoms in total. The molecule has 0 amide bonds. The summed E-state index contributed by atoms with van der Waals surface area (Å²) in [5.74, 6) is -0.432. The third-order valence-corrected chi connectivity index (χ3v) is 3.16. The fourth-order valence-corrected chi connectivity index (χ4v) is 1.95. The van der Waals surface area contributed by atoms with Crippen LogP contribution in [0.5, 0.6) is 0 Å². The van der Waals surface area contributed by atoms with Gasteiger partial charge in [-0.05, 0) is 59.0 Å². The van der Waals surface area contributed by atoms with E-state index in [1.165, 1.54) is 6.07 Å². The Morgan fingerprint density at radius 2 is 2.20 bits per heavy atom. The Morgan fingerprint density at radius 3 is 2.80 bits per heavy atom.